The van der Waals surface area contributed by atoms with Gasteiger partial charge in [-0.1, -0.05) is 19.8 Å². The van der Waals surface area contributed by atoms with Gasteiger partial charge in [0.2, 0.25) is 0 Å². The van der Waals surface area contributed by atoms with E-state index in [4.69, 9.17) is 0 Å². The van der Waals surface area contributed by atoms with E-state index in [1.807, 2.05) is 0 Å². The molecule has 1 N–H and O–H groups in total. The van der Waals surface area contributed by atoms with Crippen molar-refractivity contribution in [3.05, 3.63) is 6.04 Å². The summed E-state index contributed by atoms with van der Waals surface area (Å²) in [6.45, 7) is 5.49. The first kappa shape index (κ1) is 8.06. The second-order valence-corrected chi connectivity index (χ2v) is 3.19. The van der Waals surface area contributed by atoms with Crippen LogP contribution in [0.5, 0.6) is 0 Å². The van der Waals surface area contributed by atoms with Crippen LogP contribution in [0.3, 0.4) is 0 Å². The standard InChI is InChI=1S/C9H18N/c1-3-10-8(2)9-6-4-5-7-9/h9-10H,3-7H2,1-2H3. The van der Waals surface area contributed by atoms with Gasteiger partial charge in [-0.3, -0.25) is 0 Å². The van der Waals surface area contributed by atoms with E-state index in [0.29, 0.717) is 0 Å². The number of hydrogen-bond acceptors (Lipinski definition) is 1. The molecule has 1 heteroatoms. The molecular formula is C9H18N. The maximum atomic E-state index is 3.40. The zero-order chi connectivity index (χ0) is 7.40. The van der Waals surface area contributed by atoms with Crippen molar-refractivity contribution < 1.29 is 0 Å². The normalized spacial score (nSPS) is 20.7. The Morgan fingerprint density at radius 2 is 2.00 bits per heavy atom. The smallest absolute Gasteiger partial charge is 0.0363 e. The molecule has 1 rings (SSSR count). The monoisotopic (exact) mass is 140 g/mol. The molecule has 0 aliphatic heterocycles. The van der Waals surface area contributed by atoms with E-state index in [2.05, 4.69) is 19.2 Å². The van der Waals surface area contributed by atoms with Crippen molar-refractivity contribution in [3.63, 3.8) is 0 Å². The van der Waals surface area contributed by atoms with Crippen LogP contribution in [0.25, 0.3) is 0 Å². The van der Waals surface area contributed by atoms with Crippen molar-refractivity contribution in [2.24, 2.45) is 5.92 Å². The van der Waals surface area contributed by atoms with Crippen LogP contribution in [0.4, 0.5) is 0 Å². The van der Waals surface area contributed by atoms with E-state index in [9.17, 15) is 0 Å². The van der Waals surface area contributed by atoms with Gasteiger partial charge in [0.1, 0.15) is 0 Å². The van der Waals surface area contributed by atoms with Crippen molar-refractivity contribution in [1.29, 1.82) is 0 Å². The van der Waals surface area contributed by atoms with E-state index < -0.39 is 0 Å². The molecule has 0 heterocycles. The first-order valence-corrected chi connectivity index (χ1v) is 4.42. The molecule has 1 saturated carbocycles. The third-order valence-corrected chi connectivity index (χ3v) is 2.42. The Morgan fingerprint density at radius 3 is 2.50 bits per heavy atom. The summed E-state index contributed by atoms with van der Waals surface area (Å²) >= 11 is 0. The predicted octanol–water partition coefficient (Wildman–Crippen LogP) is 2.34. The molecule has 0 unspecified atom stereocenters. The summed E-state index contributed by atoms with van der Waals surface area (Å²) in [6.07, 6.45) is 5.71. The third-order valence-electron chi connectivity index (χ3n) is 2.42. The quantitative estimate of drug-likeness (QED) is 0.634. The van der Waals surface area contributed by atoms with Gasteiger partial charge in [0.15, 0.2) is 0 Å². The van der Waals surface area contributed by atoms with Crippen LogP contribution in [0.1, 0.15) is 39.5 Å². The Morgan fingerprint density at radius 1 is 1.40 bits per heavy atom. The van der Waals surface area contributed by atoms with Crippen LogP contribution in [0, 0.1) is 12.0 Å². The molecule has 0 saturated heterocycles. The lowest BCUT2D eigenvalue weighted by atomic mass is 10.00. The molecule has 1 aliphatic rings. The van der Waals surface area contributed by atoms with E-state index in [0.717, 1.165) is 12.5 Å². The van der Waals surface area contributed by atoms with Gasteiger partial charge in [0, 0.05) is 6.04 Å². The molecule has 1 aliphatic carbocycles. The molecule has 0 aromatic carbocycles. The molecule has 0 aromatic rings. The molecule has 1 fully saturated rings. The fraction of sp³-hybridized carbons (Fsp3) is 0.889. The zero-order valence-electron chi connectivity index (χ0n) is 7.11. The summed E-state index contributed by atoms with van der Waals surface area (Å²) < 4.78 is 0. The highest BCUT2D eigenvalue weighted by molar-refractivity contribution is 4.91. The number of nitrogens with one attached hydrogen (secondary N) is 1. The predicted molar refractivity (Wildman–Crippen MR) is 44.6 cm³/mol. The fourth-order valence-corrected chi connectivity index (χ4v) is 1.78. The Balaban J connectivity index is 2.18. The van der Waals surface area contributed by atoms with Crippen LogP contribution in [0.15, 0.2) is 0 Å². The molecule has 0 atom stereocenters. The summed E-state index contributed by atoms with van der Waals surface area (Å²) in [5, 5.41) is 3.40. The summed E-state index contributed by atoms with van der Waals surface area (Å²) in [6, 6.07) is 1.51. The lowest BCUT2D eigenvalue weighted by Gasteiger charge is -2.17. The van der Waals surface area contributed by atoms with Crippen molar-refractivity contribution in [2.75, 3.05) is 6.54 Å². The van der Waals surface area contributed by atoms with Crippen molar-refractivity contribution >= 4 is 0 Å². The Labute approximate surface area is 64.2 Å². The van der Waals surface area contributed by atoms with Gasteiger partial charge in [-0.05, 0) is 32.2 Å². The van der Waals surface area contributed by atoms with Crippen LogP contribution in [-0.2, 0) is 0 Å². The van der Waals surface area contributed by atoms with Crippen LogP contribution in [0.2, 0.25) is 0 Å². The Hall–Kier alpha value is -0.0400. The van der Waals surface area contributed by atoms with E-state index in [1.165, 1.54) is 31.7 Å². The average Bonchev–Trinajstić information content (AvgIpc) is 2.38. The zero-order valence-corrected chi connectivity index (χ0v) is 7.11. The summed E-state index contributed by atoms with van der Waals surface area (Å²) in [4.78, 5) is 0. The highest BCUT2D eigenvalue weighted by atomic mass is 14.9. The second-order valence-electron chi connectivity index (χ2n) is 3.19. The molecular weight excluding hydrogens is 122 g/mol. The number of rotatable bonds is 3. The second kappa shape index (κ2) is 3.97. The highest BCUT2D eigenvalue weighted by Gasteiger charge is 2.20. The minimum atomic E-state index is 0.889. The van der Waals surface area contributed by atoms with Crippen LogP contribution < -0.4 is 5.32 Å². The van der Waals surface area contributed by atoms with Crippen LogP contribution >= 0.6 is 0 Å². The highest BCUT2D eigenvalue weighted by Crippen LogP contribution is 2.30. The SMILES string of the molecule is CCN[C](C)C1CCCC1. The van der Waals surface area contributed by atoms with Crippen LogP contribution in [-0.4, -0.2) is 6.54 Å². The molecule has 1 nitrogen and oxygen atoms in total. The van der Waals surface area contributed by atoms with Crippen molar-refractivity contribution in [3.8, 4) is 0 Å². The minimum absolute atomic E-state index is 0.889. The Kier molecular flexibility index (Phi) is 3.20. The van der Waals surface area contributed by atoms with Gasteiger partial charge in [0.05, 0.1) is 0 Å². The first-order chi connectivity index (χ1) is 4.84. The van der Waals surface area contributed by atoms with Gasteiger partial charge in [-0.15, -0.1) is 0 Å². The molecule has 0 aromatic heterocycles. The summed E-state index contributed by atoms with van der Waals surface area (Å²) in [5.74, 6) is 0.889. The van der Waals surface area contributed by atoms with Gasteiger partial charge in [-0.2, -0.15) is 0 Å². The fourth-order valence-electron chi connectivity index (χ4n) is 1.78. The van der Waals surface area contributed by atoms with Gasteiger partial charge in [-0.25, -0.2) is 0 Å². The molecule has 59 valence electrons. The van der Waals surface area contributed by atoms with Crippen molar-refractivity contribution in [1.82, 2.24) is 5.32 Å². The van der Waals surface area contributed by atoms with Gasteiger partial charge >= 0.3 is 0 Å². The molecule has 0 spiro atoms. The first-order valence-electron chi connectivity index (χ1n) is 4.42. The molecule has 0 amide bonds. The molecule has 1 radical (unpaired) electrons. The van der Waals surface area contributed by atoms with Gasteiger partial charge < -0.3 is 5.32 Å². The third kappa shape index (κ3) is 1.98. The largest absolute Gasteiger partial charge is 0.310 e. The summed E-state index contributed by atoms with van der Waals surface area (Å²) in [5.41, 5.74) is 0. The number of hydrogen-bond donors (Lipinski definition) is 1. The average molecular weight is 140 g/mol. The van der Waals surface area contributed by atoms with E-state index >= 15 is 0 Å². The van der Waals surface area contributed by atoms with Gasteiger partial charge in [0.25, 0.3) is 0 Å². The maximum absolute atomic E-state index is 3.40. The summed E-state index contributed by atoms with van der Waals surface area (Å²) in [7, 11) is 0. The maximum Gasteiger partial charge on any atom is 0.0363 e. The van der Waals surface area contributed by atoms with E-state index in [-0.39, 0.29) is 0 Å². The minimum Gasteiger partial charge on any atom is -0.310 e. The molecule has 10 heavy (non-hydrogen) atoms. The topological polar surface area (TPSA) is 12.0 Å². The Bertz CT molecular complexity index is 84.7. The lowest BCUT2D eigenvalue weighted by Crippen LogP contribution is -2.23. The lowest BCUT2D eigenvalue weighted by molar-refractivity contribution is 0.497. The van der Waals surface area contributed by atoms with Crippen molar-refractivity contribution in [2.45, 2.75) is 39.5 Å². The van der Waals surface area contributed by atoms with E-state index in [1.54, 1.807) is 0 Å². The molecule has 0 bridgehead atoms.